The molecule has 3 rings (SSSR count). The second-order valence-corrected chi connectivity index (χ2v) is 6.62. The molecule has 0 spiro atoms. The van der Waals surface area contributed by atoms with Gasteiger partial charge in [0, 0.05) is 43.7 Å². The van der Waals surface area contributed by atoms with E-state index in [1.165, 1.54) is 6.07 Å². The number of amides is 2. The summed E-state index contributed by atoms with van der Waals surface area (Å²) in [6, 6.07) is 4.70. The van der Waals surface area contributed by atoms with Crippen LogP contribution in [0.1, 0.15) is 36.0 Å². The maximum Gasteiger partial charge on any atom is 0.293 e. The highest BCUT2D eigenvalue weighted by molar-refractivity contribution is 5.96. The fourth-order valence-electron chi connectivity index (χ4n) is 3.58. The molecule has 0 atom stereocenters. The number of nitrogens with two attached hydrogens (primary N) is 1. The van der Waals surface area contributed by atoms with Crippen LogP contribution >= 0.6 is 0 Å². The minimum atomic E-state index is -0.427. The molecule has 1 aromatic rings. The Morgan fingerprint density at radius 1 is 1.12 bits per heavy atom. The lowest BCUT2D eigenvalue weighted by Crippen LogP contribution is -2.41. The molecule has 2 heterocycles. The number of nitro benzene ring substituents is 1. The lowest BCUT2D eigenvalue weighted by molar-refractivity contribution is -0.384. The van der Waals surface area contributed by atoms with Crippen LogP contribution in [0, 0.1) is 16.0 Å². The number of hydrogen-bond acceptors (Lipinski definition) is 5. The predicted octanol–water partition coefficient (Wildman–Crippen LogP) is 1.53. The highest BCUT2D eigenvalue weighted by atomic mass is 16.6. The zero-order valence-electron chi connectivity index (χ0n) is 14.0. The normalized spacial score (nSPS) is 18.4. The summed E-state index contributed by atoms with van der Waals surface area (Å²) in [6.45, 7) is 2.48. The van der Waals surface area contributed by atoms with E-state index in [9.17, 15) is 19.7 Å². The van der Waals surface area contributed by atoms with Gasteiger partial charge < -0.3 is 15.5 Å². The Morgan fingerprint density at radius 3 is 2.32 bits per heavy atom. The van der Waals surface area contributed by atoms with E-state index in [1.807, 2.05) is 4.90 Å². The molecule has 2 N–H and O–H groups in total. The highest BCUT2D eigenvalue weighted by Crippen LogP contribution is 2.32. The van der Waals surface area contributed by atoms with Gasteiger partial charge in [0.15, 0.2) is 0 Å². The third-order valence-electron chi connectivity index (χ3n) is 5.05. The monoisotopic (exact) mass is 346 g/mol. The van der Waals surface area contributed by atoms with Gasteiger partial charge in [-0.05, 0) is 37.8 Å². The summed E-state index contributed by atoms with van der Waals surface area (Å²) in [5.74, 6) is -0.771. The Labute approximate surface area is 145 Å². The number of likely N-dealkylation sites (tertiary alicyclic amines) is 1. The van der Waals surface area contributed by atoms with Crippen molar-refractivity contribution in [2.45, 2.75) is 25.7 Å². The summed E-state index contributed by atoms with van der Waals surface area (Å²) < 4.78 is 0. The number of carbonyl (C=O) groups excluding carboxylic acids is 2. The molecule has 2 fully saturated rings. The van der Waals surface area contributed by atoms with Crippen molar-refractivity contribution in [3.8, 4) is 0 Å². The first kappa shape index (κ1) is 17.2. The molecule has 0 radical (unpaired) electrons. The zero-order chi connectivity index (χ0) is 18.0. The quantitative estimate of drug-likeness (QED) is 0.657. The van der Waals surface area contributed by atoms with Gasteiger partial charge in [-0.25, -0.2) is 0 Å². The van der Waals surface area contributed by atoms with E-state index in [2.05, 4.69) is 0 Å². The Balaban J connectivity index is 1.78. The third kappa shape index (κ3) is 3.57. The topological polar surface area (TPSA) is 110 Å². The molecule has 0 saturated carbocycles. The molecule has 2 saturated heterocycles. The van der Waals surface area contributed by atoms with E-state index in [1.54, 1.807) is 17.0 Å². The number of carbonyl (C=O) groups is 2. The second-order valence-electron chi connectivity index (χ2n) is 6.62. The van der Waals surface area contributed by atoms with Crippen LogP contribution in [-0.2, 0) is 4.79 Å². The molecule has 8 nitrogen and oxygen atoms in total. The summed E-state index contributed by atoms with van der Waals surface area (Å²) in [6.07, 6.45) is 3.11. The molecular weight excluding hydrogens is 324 g/mol. The number of nitro groups is 1. The minimum Gasteiger partial charge on any atom is -0.369 e. The van der Waals surface area contributed by atoms with Gasteiger partial charge in [-0.1, -0.05) is 0 Å². The maximum atomic E-state index is 12.7. The third-order valence-corrected chi connectivity index (χ3v) is 5.05. The molecule has 2 amide bonds. The van der Waals surface area contributed by atoms with Crippen LogP contribution in [-0.4, -0.2) is 47.8 Å². The number of hydrogen-bond donors (Lipinski definition) is 1. The van der Waals surface area contributed by atoms with Crippen LogP contribution < -0.4 is 10.6 Å². The standard InChI is InChI=1S/C17H22N4O4/c18-16(22)12-5-9-20(10-6-12)17(23)13-3-4-14(15(11-13)21(24)25)19-7-1-2-8-19/h3-4,11-12H,1-2,5-10H2,(H2,18,22). The molecule has 1 aromatic carbocycles. The van der Waals surface area contributed by atoms with E-state index >= 15 is 0 Å². The van der Waals surface area contributed by atoms with Crippen molar-refractivity contribution >= 4 is 23.2 Å². The van der Waals surface area contributed by atoms with Crippen LogP contribution in [0.15, 0.2) is 18.2 Å². The van der Waals surface area contributed by atoms with E-state index in [0.29, 0.717) is 37.2 Å². The lowest BCUT2D eigenvalue weighted by atomic mass is 9.96. The molecule has 134 valence electrons. The lowest BCUT2D eigenvalue weighted by Gasteiger charge is -2.30. The molecule has 0 unspecified atom stereocenters. The van der Waals surface area contributed by atoms with Crippen LogP contribution in [0.4, 0.5) is 11.4 Å². The number of nitrogens with zero attached hydrogens (tertiary/aromatic N) is 3. The van der Waals surface area contributed by atoms with Crippen LogP contribution in [0.3, 0.4) is 0 Å². The molecule has 2 aliphatic heterocycles. The average Bonchev–Trinajstić information content (AvgIpc) is 3.15. The number of anilines is 1. The minimum absolute atomic E-state index is 0.0280. The Morgan fingerprint density at radius 2 is 1.76 bits per heavy atom. The molecule has 0 aromatic heterocycles. The maximum absolute atomic E-state index is 12.7. The van der Waals surface area contributed by atoms with Crippen molar-refractivity contribution < 1.29 is 14.5 Å². The fourth-order valence-corrected chi connectivity index (χ4v) is 3.58. The van der Waals surface area contributed by atoms with Crippen LogP contribution in [0.2, 0.25) is 0 Å². The highest BCUT2D eigenvalue weighted by Gasteiger charge is 2.29. The molecule has 0 bridgehead atoms. The van der Waals surface area contributed by atoms with Gasteiger partial charge >= 0.3 is 0 Å². The van der Waals surface area contributed by atoms with Crippen molar-refractivity contribution in [1.82, 2.24) is 4.90 Å². The van der Waals surface area contributed by atoms with Crippen molar-refractivity contribution in [2.24, 2.45) is 11.7 Å². The number of rotatable bonds is 4. The van der Waals surface area contributed by atoms with Gasteiger partial charge in [-0.15, -0.1) is 0 Å². The van der Waals surface area contributed by atoms with Gasteiger partial charge in [0.1, 0.15) is 5.69 Å². The summed E-state index contributed by atoms with van der Waals surface area (Å²) in [5.41, 5.74) is 6.17. The Bertz CT molecular complexity index is 692. The van der Waals surface area contributed by atoms with Gasteiger partial charge in [-0.2, -0.15) is 0 Å². The Hall–Kier alpha value is -2.64. The summed E-state index contributed by atoms with van der Waals surface area (Å²) >= 11 is 0. The fraction of sp³-hybridized carbons (Fsp3) is 0.529. The number of piperidine rings is 1. The summed E-state index contributed by atoms with van der Waals surface area (Å²) in [4.78, 5) is 38.5. The van der Waals surface area contributed by atoms with Crippen molar-refractivity contribution in [2.75, 3.05) is 31.1 Å². The zero-order valence-corrected chi connectivity index (χ0v) is 14.0. The first-order valence-electron chi connectivity index (χ1n) is 8.59. The summed E-state index contributed by atoms with van der Waals surface area (Å²) in [5, 5.41) is 11.5. The van der Waals surface area contributed by atoms with Crippen LogP contribution in [0.25, 0.3) is 0 Å². The first-order valence-corrected chi connectivity index (χ1v) is 8.59. The van der Waals surface area contributed by atoms with E-state index < -0.39 is 4.92 Å². The number of benzene rings is 1. The molecule has 25 heavy (non-hydrogen) atoms. The Kier molecular flexibility index (Phi) is 4.87. The van der Waals surface area contributed by atoms with E-state index in [4.69, 9.17) is 5.73 Å². The SMILES string of the molecule is NC(=O)C1CCN(C(=O)c2ccc(N3CCCC3)c([N+](=O)[O-])c2)CC1. The summed E-state index contributed by atoms with van der Waals surface area (Å²) in [7, 11) is 0. The first-order chi connectivity index (χ1) is 12.0. The molecule has 0 aliphatic carbocycles. The molecule has 8 heteroatoms. The van der Waals surface area contributed by atoms with Crippen molar-refractivity contribution in [1.29, 1.82) is 0 Å². The van der Waals surface area contributed by atoms with Gasteiger partial charge in [-0.3, -0.25) is 19.7 Å². The van der Waals surface area contributed by atoms with Crippen molar-refractivity contribution in [3.63, 3.8) is 0 Å². The number of primary amides is 1. The van der Waals surface area contributed by atoms with Gasteiger partial charge in [0.05, 0.1) is 4.92 Å². The average molecular weight is 346 g/mol. The second kappa shape index (κ2) is 7.08. The smallest absolute Gasteiger partial charge is 0.293 e. The molecule has 2 aliphatic rings. The molecular formula is C17H22N4O4. The van der Waals surface area contributed by atoms with Crippen LogP contribution in [0.5, 0.6) is 0 Å². The van der Waals surface area contributed by atoms with E-state index in [-0.39, 0.29) is 23.4 Å². The van der Waals surface area contributed by atoms with E-state index in [0.717, 1.165) is 25.9 Å². The largest absolute Gasteiger partial charge is 0.369 e. The van der Waals surface area contributed by atoms with Gasteiger partial charge in [0.2, 0.25) is 5.91 Å². The van der Waals surface area contributed by atoms with Crippen molar-refractivity contribution in [3.05, 3.63) is 33.9 Å². The van der Waals surface area contributed by atoms with Gasteiger partial charge in [0.25, 0.3) is 11.6 Å². The predicted molar refractivity (Wildman–Crippen MR) is 92.4 cm³/mol.